The molecule has 3 rings (SSSR count). The van der Waals surface area contributed by atoms with Crippen molar-refractivity contribution >= 4 is 0 Å². The van der Waals surface area contributed by atoms with Crippen LogP contribution in [0.3, 0.4) is 0 Å². The monoisotopic (exact) mass is 358 g/mol. The summed E-state index contributed by atoms with van der Waals surface area (Å²) in [5.74, 6) is 1.92. The van der Waals surface area contributed by atoms with Crippen LogP contribution in [0.4, 0.5) is 13.2 Å². The first-order chi connectivity index (χ1) is 12.4. The third kappa shape index (κ3) is 4.79. The predicted octanol–water partition coefficient (Wildman–Crippen LogP) is 6.39. The fraction of sp³-hybridized carbons (Fsp3) is 0.143. The number of aryl methyl sites for hydroxylation is 1. The predicted molar refractivity (Wildman–Crippen MR) is 93.5 cm³/mol. The van der Waals surface area contributed by atoms with Gasteiger partial charge in [0.2, 0.25) is 0 Å². The highest BCUT2D eigenvalue weighted by Gasteiger charge is 2.29. The molecule has 0 N–H and O–H groups in total. The first-order valence-corrected chi connectivity index (χ1v) is 8.04. The summed E-state index contributed by atoms with van der Waals surface area (Å²) < 4.78 is 49.1. The molecule has 0 heterocycles. The normalized spacial score (nSPS) is 11.2. The van der Waals surface area contributed by atoms with E-state index in [1.807, 2.05) is 37.3 Å². The summed E-state index contributed by atoms with van der Waals surface area (Å²) in [7, 11) is 0. The van der Waals surface area contributed by atoms with E-state index in [0.29, 0.717) is 17.1 Å². The molecule has 0 radical (unpaired) electrons. The van der Waals surface area contributed by atoms with E-state index in [1.54, 1.807) is 18.2 Å². The molecule has 2 nitrogen and oxygen atoms in total. The van der Waals surface area contributed by atoms with Gasteiger partial charge in [0.15, 0.2) is 0 Å². The summed E-state index contributed by atoms with van der Waals surface area (Å²) in [6.45, 7) is 2.17. The van der Waals surface area contributed by atoms with Crippen molar-refractivity contribution < 1.29 is 22.6 Å². The Bertz CT molecular complexity index is 854. The molecule has 134 valence electrons. The molecular formula is C21H17F3O2. The van der Waals surface area contributed by atoms with Crippen molar-refractivity contribution in [1.29, 1.82) is 0 Å². The van der Waals surface area contributed by atoms with Crippen molar-refractivity contribution in [3.05, 3.63) is 89.5 Å². The van der Waals surface area contributed by atoms with Gasteiger partial charge in [-0.2, -0.15) is 13.2 Å². The van der Waals surface area contributed by atoms with Gasteiger partial charge in [-0.05, 0) is 48.9 Å². The molecule has 5 heteroatoms. The van der Waals surface area contributed by atoms with Gasteiger partial charge in [0.05, 0.1) is 5.56 Å². The molecule has 0 unspecified atom stereocenters. The van der Waals surface area contributed by atoms with Crippen LogP contribution in [-0.4, -0.2) is 0 Å². The van der Waals surface area contributed by atoms with Gasteiger partial charge in [-0.15, -0.1) is 0 Å². The van der Waals surface area contributed by atoms with Crippen LogP contribution in [0.25, 0.3) is 0 Å². The first kappa shape index (κ1) is 17.9. The molecular weight excluding hydrogens is 341 g/mol. The molecule has 0 aromatic heterocycles. The minimum Gasteiger partial charge on any atom is -0.489 e. The van der Waals surface area contributed by atoms with Gasteiger partial charge < -0.3 is 9.47 Å². The number of benzene rings is 3. The highest BCUT2D eigenvalue weighted by Crippen LogP contribution is 2.29. The van der Waals surface area contributed by atoms with Gasteiger partial charge in [0.1, 0.15) is 23.9 Å². The van der Waals surface area contributed by atoms with Gasteiger partial charge in [-0.25, -0.2) is 0 Å². The Hall–Kier alpha value is -2.95. The van der Waals surface area contributed by atoms with Crippen LogP contribution in [0.15, 0.2) is 72.8 Å². The fourth-order valence-corrected chi connectivity index (χ4v) is 2.33. The van der Waals surface area contributed by atoms with E-state index >= 15 is 0 Å². The zero-order valence-corrected chi connectivity index (χ0v) is 14.1. The van der Waals surface area contributed by atoms with Crippen LogP contribution in [0.1, 0.15) is 16.7 Å². The Morgan fingerprint density at radius 1 is 0.769 bits per heavy atom. The highest BCUT2D eigenvalue weighted by atomic mass is 19.4. The summed E-state index contributed by atoms with van der Waals surface area (Å²) in [5, 5.41) is 0. The molecule has 0 spiro atoms. The highest BCUT2D eigenvalue weighted by molar-refractivity contribution is 5.37. The first-order valence-electron chi connectivity index (χ1n) is 8.04. The maximum atomic E-state index is 12.6. The third-order valence-corrected chi connectivity index (χ3v) is 3.75. The summed E-state index contributed by atoms with van der Waals surface area (Å²) in [6.07, 6.45) is -4.33. The summed E-state index contributed by atoms with van der Waals surface area (Å²) in [4.78, 5) is 0. The second kappa shape index (κ2) is 7.52. The number of hydrogen-bond acceptors (Lipinski definition) is 2. The number of halogens is 3. The van der Waals surface area contributed by atoms with Gasteiger partial charge in [-0.1, -0.05) is 35.9 Å². The molecule has 3 aromatic rings. The summed E-state index contributed by atoms with van der Waals surface area (Å²) in [5.41, 5.74) is 1.13. The summed E-state index contributed by atoms with van der Waals surface area (Å²) >= 11 is 0. The molecule has 0 aliphatic heterocycles. The van der Waals surface area contributed by atoms with Gasteiger partial charge in [0.25, 0.3) is 0 Å². The van der Waals surface area contributed by atoms with Crippen molar-refractivity contribution in [3.8, 4) is 17.2 Å². The lowest BCUT2D eigenvalue weighted by atomic mass is 10.1. The van der Waals surface area contributed by atoms with E-state index in [1.165, 1.54) is 12.1 Å². The average molecular weight is 358 g/mol. The third-order valence-electron chi connectivity index (χ3n) is 3.75. The Labute approximate surface area is 149 Å². The van der Waals surface area contributed by atoms with E-state index in [2.05, 4.69) is 0 Å². The number of hydrogen-bond donors (Lipinski definition) is 0. The van der Waals surface area contributed by atoms with Crippen molar-refractivity contribution in [2.45, 2.75) is 19.7 Å². The van der Waals surface area contributed by atoms with E-state index < -0.39 is 11.7 Å². The van der Waals surface area contributed by atoms with Crippen LogP contribution in [0.5, 0.6) is 17.2 Å². The molecule has 0 aliphatic carbocycles. The number of rotatable bonds is 5. The topological polar surface area (TPSA) is 18.5 Å². The van der Waals surface area contributed by atoms with E-state index in [-0.39, 0.29) is 6.61 Å². The van der Waals surface area contributed by atoms with Gasteiger partial charge in [-0.3, -0.25) is 0 Å². The molecule has 0 atom stereocenters. The van der Waals surface area contributed by atoms with Crippen molar-refractivity contribution in [2.75, 3.05) is 0 Å². The molecule has 3 aromatic carbocycles. The minimum absolute atomic E-state index is 0.173. The SMILES string of the molecule is Cc1ccc(Oc2cccc(OCc3ccc(C(F)(F)F)cc3)c2)cc1. The van der Waals surface area contributed by atoms with Gasteiger partial charge >= 0.3 is 6.18 Å². The smallest absolute Gasteiger partial charge is 0.416 e. The zero-order valence-electron chi connectivity index (χ0n) is 14.1. The fourth-order valence-electron chi connectivity index (χ4n) is 2.33. The van der Waals surface area contributed by atoms with E-state index in [9.17, 15) is 13.2 Å². The van der Waals surface area contributed by atoms with Crippen LogP contribution in [-0.2, 0) is 12.8 Å². The molecule has 0 saturated carbocycles. The van der Waals surface area contributed by atoms with E-state index in [0.717, 1.165) is 23.4 Å². The van der Waals surface area contributed by atoms with Crippen molar-refractivity contribution in [3.63, 3.8) is 0 Å². The molecule has 0 saturated heterocycles. The second-order valence-electron chi connectivity index (χ2n) is 5.87. The maximum Gasteiger partial charge on any atom is 0.416 e. The van der Waals surface area contributed by atoms with Crippen molar-refractivity contribution in [1.82, 2.24) is 0 Å². The molecule has 0 bridgehead atoms. The number of ether oxygens (including phenoxy) is 2. The molecule has 0 amide bonds. The zero-order chi connectivity index (χ0) is 18.6. The Morgan fingerprint density at radius 2 is 1.42 bits per heavy atom. The quantitative estimate of drug-likeness (QED) is 0.526. The Morgan fingerprint density at radius 3 is 2.08 bits per heavy atom. The van der Waals surface area contributed by atoms with Crippen LogP contribution in [0.2, 0.25) is 0 Å². The lowest BCUT2D eigenvalue weighted by molar-refractivity contribution is -0.137. The van der Waals surface area contributed by atoms with Gasteiger partial charge in [0, 0.05) is 6.07 Å². The van der Waals surface area contributed by atoms with Crippen LogP contribution >= 0.6 is 0 Å². The largest absolute Gasteiger partial charge is 0.489 e. The second-order valence-corrected chi connectivity index (χ2v) is 5.87. The van der Waals surface area contributed by atoms with Crippen LogP contribution in [0, 0.1) is 6.92 Å². The molecule has 0 aliphatic rings. The minimum atomic E-state index is -4.33. The van der Waals surface area contributed by atoms with Crippen LogP contribution < -0.4 is 9.47 Å². The standard InChI is InChI=1S/C21H17F3O2/c1-15-5-11-18(12-6-15)26-20-4-2-3-19(13-20)25-14-16-7-9-17(10-8-16)21(22,23)24/h2-13H,14H2,1H3. The molecule has 0 fully saturated rings. The maximum absolute atomic E-state index is 12.6. The number of alkyl halides is 3. The van der Waals surface area contributed by atoms with E-state index in [4.69, 9.17) is 9.47 Å². The average Bonchev–Trinajstić information content (AvgIpc) is 2.62. The lowest BCUT2D eigenvalue weighted by Crippen LogP contribution is -2.05. The Kier molecular flexibility index (Phi) is 5.16. The Balaban J connectivity index is 1.62. The van der Waals surface area contributed by atoms with Crippen molar-refractivity contribution in [2.24, 2.45) is 0 Å². The summed E-state index contributed by atoms with van der Waals surface area (Å²) in [6, 6.07) is 19.7. The molecule has 26 heavy (non-hydrogen) atoms. The lowest BCUT2D eigenvalue weighted by Gasteiger charge is -2.11.